The average molecular weight is 290 g/mol. The number of nitrogens with two attached hydrogens (primary N) is 1. The van der Waals surface area contributed by atoms with Gasteiger partial charge in [0.25, 0.3) is 0 Å². The van der Waals surface area contributed by atoms with Crippen LogP contribution in [0.3, 0.4) is 0 Å². The summed E-state index contributed by atoms with van der Waals surface area (Å²) in [7, 11) is 1.68. The molecule has 0 atom stereocenters. The number of ether oxygens (including phenoxy) is 1. The molecule has 1 aromatic carbocycles. The summed E-state index contributed by atoms with van der Waals surface area (Å²) in [5, 5.41) is 3.02. The maximum Gasteiger partial charge on any atom is 0.226 e. The summed E-state index contributed by atoms with van der Waals surface area (Å²) in [5.41, 5.74) is 8.01. The molecular formula is C17H26N2O2. The lowest BCUT2D eigenvalue weighted by Gasteiger charge is -2.32. The van der Waals surface area contributed by atoms with Gasteiger partial charge in [-0.25, -0.2) is 0 Å². The predicted octanol–water partition coefficient (Wildman–Crippen LogP) is 2.87. The van der Waals surface area contributed by atoms with Gasteiger partial charge in [0.15, 0.2) is 0 Å². The number of amides is 1. The Kier molecular flexibility index (Phi) is 5.76. The zero-order valence-corrected chi connectivity index (χ0v) is 12.9. The minimum Gasteiger partial charge on any atom is -0.384 e. The van der Waals surface area contributed by atoms with Gasteiger partial charge >= 0.3 is 0 Å². The molecule has 0 heterocycles. The molecule has 0 aliphatic heterocycles. The molecule has 4 heteroatoms. The Morgan fingerprint density at radius 3 is 2.71 bits per heavy atom. The van der Waals surface area contributed by atoms with Crippen LogP contribution >= 0.6 is 0 Å². The Morgan fingerprint density at radius 2 is 2.00 bits per heavy atom. The van der Waals surface area contributed by atoms with E-state index in [1.54, 1.807) is 7.11 Å². The van der Waals surface area contributed by atoms with Crippen LogP contribution in [0.4, 0.5) is 5.69 Å². The predicted molar refractivity (Wildman–Crippen MR) is 85.3 cm³/mol. The molecule has 0 aromatic heterocycles. The number of hydrogen-bond donors (Lipinski definition) is 2. The van der Waals surface area contributed by atoms with Gasteiger partial charge in [-0.1, -0.05) is 37.5 Å². The maximum absolute atomic E-state index is 12.3. The van der Waals surface area contributed by atoms with Crippen molar-refractivity contribution in [2.75, 3.05) is 19.0 Å². The molecular weight excluding hydrogens is 264 g/mol. The number of carbonyl (C=O) groups excluding carboxylic acids is 1. The number of anilines is 1. The van der Waals surface area contributed by atoms with Crippen molar-refractivity contribution in [2.45, 2.75) is 50.5 Å². The number of hydrogen-bond acceptors (Lipinski definition) is 3. The molecule has 1 saturated carbocycles. The van der Waals surface area contributed by atoms with Crippen LogP contribution in [-0.4, -0.2) is 25.2 Å². The van der Waals surface area contributed by atoms with Crippen LogP contribution in [0.5, 0.6) is 0 Å². The smallest absolute Gasteiger partial charge is 0.226 e. The highest BCUT2D eigenvalue weighted by molar-refractivity contribution is 5.92. The molecule has 1 fully saturated rings. The molecule has 1 aliphatic rings. The van der Waals surface area contributed by atoms with Gasteiger partial charge in [0.2, 0.25) is 5.91 Å². The van der Waals surface area contributed by atoms with Gasteiger partial charge < -0.3 is 15.8 Å². The van der Waals surface area contributed by atoms with Crippen molar-refractivity contribution in [1.29, 1.82) is 0 Å². The fourth-order valence-electron chi connectivity index (χ4n) is 3.02. The molecule has 0 spiro atoms. The lowest BCUT2D eigenvalue weighted by molar-refractivity contribution is -0.117. The third-order valence-corrected chi connectivity index (χ3v) is 4.23. The number of carbonyl (C=O) groups is 1. The zero-order valence-electron chi connectivity index (χ0n) is 12.9. The standard InChI is InChI=1S/C17H26N2O2/c1-21-12-9-14-7-3-4-8-15(14)19-16(20)13-17(18)10-5-2-6-11-17/h3-4,7-8H,2,5-6,9-13,18H2,1H3,(H,19,20). The fourth-order valence-corrected chi connectivity index (χ4v) is 3.02. The van der Waals surface area contributed by atoms with E-state index in [1.165, 1.54) is 6.42 Å². The molecule has 3 N–H and O–H groups in total. The highest BCUT2D eigenvalue weighted by atomic mass is 16.5. The van der Waals surface area contributed by atoms with Crippen LogP contribution in [0.2, 0.25) is 0 Å². The van der Waals surface area contributed by atoms with Gasteiger partial charge in [0.1, 0.15) is 0 Å². The second-order valence-electron chi connectivity index (χ2n) is 6.05. The van der Waals surface area contributed by atoms with E-state index in [2.05, 4.69) is 5.32 Å². The van der Waals surface area contributed by atoms with Gasteiger partial charge in [0, 0.05) is 24.8 Å². The highest BCUT2D eigenvalue weighted by Gasteiger charge is 2.30. The fraction of sp³-hybridized carbons (Fsp3) is 0.588. The lowest BCUT2D eigenvalue weighted by atomic mass is 9.80. The normalized spacial score (nSPS) is 17.4. The number of benzene rings is 1. The van der Waals surface area contributed by atoms with E-state index in [4.69, 9.17) is 10.5 Å². The van der Waals surface area contributed by atoms with Gasteiger partial charge in [-0.3, -0.25) is 4.79 Å². The molecule has 0 unspecified atom stereocenters. The zero-order chi connectivity index (χ0) is 15.1. The first-order valence-electron chi connectivity index (χ1n) is 7.78. The SMILES string of the molecule is COCCc1ccccc1NC(=O)CC1(N)CCCCC1. The second kappa shape index (κ2) is 7.57. The molecule has 116 valence electrons. The number of nitrogens with one attached hydrogen (secondary N) is 1. The summed E-state index contributed by atoms with van der Waals surface area (Å²) in [6.45, 7) is 0.647. The van der Waals surface area contributed by atoms with E-state index in [1.807, 2.05) is 24.3 Å². The maximum atomic E-state index is 12.3. The van der Waals surface area contributed by atoms with Crippen molar-refractivity contribution >= 4 is 11.6 Å². The summed E-state index contributed by atoms with van der Waals surface area (Å²) < 4.78 is 5.11. The average Bonchev–Trinajstić information content (AvgIpc) is 2.46. The summed E-state index contributed by atoms with van der Waals surface area (Å²) >= 11 is 0. The van der Waals surface area contributed by atoms with Crippen LogP contribution in [0.1, 0.15) is 44.1 Å². The second-order valence-corrected chi connectivity index (χ2v) is 6.05. The van der Waals surface area contributed by atoms with Crippen molar-refractivity contribution in [1.82, 2.24) is 0 Å². The number of para-hydroxylation sites is 1. The van der Waals surface area contributed by atoms with E-state index in [9.17, 15) is 4.79 Å². The largest absolute Gasteiger partial charge is 0.384 e. The summed E-state index contributed by atoms with van der Waals surface area (Å²) in [6.07, 6.45) is 6.60. The van der Waals surface area contributed by atoms with Crippen LogP contribution in [0.25, 0.3) is 0 Å². The first-order valence-corrected chi connectivity index (χ1v) is 7.78. The van der Waals surface area contributed by atoms with Crippen molar-refractivity contribution in [3.63, 3.8) is 0 Å². The van der Waals surface area contributed by atoms with E-state index in [-0.39, 0.29) is 11.4 Å². The molecule has 1 aliphatic carbocycles. The van der Waals surface area contributed by atoms with Crippen LogP contribution in [0.15, 0.2) is 24.3 Å². The number of methoxy groups -OCH3 is 1. The van der Waals surface area contributed by atoms with E-state index < -0.39 is 0 Å². The molecule has 21 heavy (non-hydrogen) atoms. The molecule has 2 rings (SSSR count). The van der Waals surface area contributed by atoms with Gasteiger partial charge in [-0.05, 0) is 30.9 Å². The van der Waals surface area contributed by atoms with Crippen molar-refractivity contribution in [2.24, 2.45) is 5.73 Å². The van der Waals surface area contributed by atoms with Crippen molar-refractivity contribution < 1.29 is 9.53 Å². The first kappa shape index (κ1) is 16.0. The van der Waals surface area contributed by atoms with Gasteiger partial charge in [-0.2, -0.15) is 0 Å². The van der Waals surface area contributed by atoms with Gasteiger partial charge in [-0.15, -0.1) is 0 Å². The van der Waals surface area contributed by atoms with Gasteiger partial charge in [0.05, 0.1) is 6.61 Å². The molecule has 4 nitrogen and oxygen atoms in total. The molecule has 0 saturated heterocycles. The minimum absolute atomic E-state index is 0.0178. The summed E-state index contributed by atoms with van der Waals surface area (Å²) in [5.74, 6) is 0.0178. The third-order valence-electron chi connectivity index (χ3n) is 4.23. The monoisotopic (exact) mass is 290 g/mol. The quantitative estimate of drug-likeness (QED) is 0.846. The summed E-state index contributed by atoms with van der Waals surface area (Å²) in [4.78, 5) is 12.3. The molecule has 1 amide bonds. The first-order chi connectivity index (χ1) is 10.1. The Morgan fingerprint density at radius 1 is 1.29 bits per heavy atom. The van der Waals surface area contributed by atoms with Crippen LogP contribution < -0.4 is 11.1 Å². The Hall–Kier alpha value is -1.39. The Balaban J connectivity index is 1.95. The Labute approximate surface area is 127 Å². The van der Waals surface area contributed by atoms with Crippen molar-refractivity contribution in [3.8, 4) is 0 Å². The van der Waals surface area contributed by atoms with Crippen LogP contribution in [-0.2, 0) is 16.0 Å². The molecule has 0 radical (unpaired) electrons. The molecule has 1 aromatic rings. The third kappa shape index (κ3) is 4.83. The van der Waals surface area contributed by atoms with E-state index in [0.29, 0.717) is 13.0 Å². The lowest BCUT2D eigenvalue weighted by Crippen LogP contribution is -2.44. The van der Waals surface area contributed by atoms with Crippen LogP contribution in [0, 0.1) is 0 Å². The summed E-state index contributed by atoms with van der Waals surface area (Å²) in [6, 6.07) is 7.87. The molecule has 0 bridgehead atoms. The highest BCUT2D eigenvalue weighted by Crippen LogP contribution is 2.29. The topological polar surface area (TPSA) is 64.3 Å². The Bertz CT molecular complexity index is 468. The van der Waals surface area contributed by atoms with Crippen molar-refractivity contribution in [3.05, 3.63) is 29.8 Å². The number of rotatable bonds is 6. The minimum atomic E-state index is -0.316. The van der Waals surface area contributed by atoms with E-state index in [0.717, 1.165) is 43.4 Å². The van der Waals surface area contributed by atoms with E-state index >= 15 is 0 Å².